The molecule has 0 radical (unpaired) electrons. The number of halogens is 2. The maximum absolute atomic E-state index is 14.1. The summed E-state index contributed by atoms with van der Waals surface area (Å²) in [7, 11) is 0. The molecule has 2 aliphatic rings. The number of nitrogens with one attached hydrogen (secondary N) is 1. The van der Waals surface area contributed by atoms with Crippen LogP contribution in [-0.2, 0) is 17.9 Å². The normalized spacial score (nSPS) is 16.9. The van der Waals surface area contributed by atoms with Gasteiger partial charge in [-0.25, -0.2) is 23.7 Å². The molecule has 11 nitrogen and oxygen atoms in total. The number of carbonyl (C=O) groups is 1. The molecule has 8 rings (SSSR count). The minimum Gasteiger partial charge on any atom is -0.435 e. The molecular formula is C43H42F2N8O3. The van der Waals surface area contributed by atoms with Gasteiger partial charge in [-0.2, -0.15) is 5.26 Å². The molecule has 0 unspecified atom stereocenters. The van der Waals surface area contributed by atoms with Crippen LogP contribution in [0.5, 0.6) is 0 Å². The number of nitriles is 1. The maximum atomic E-state index is 14.1. The van der Waals surface area contributed by atoms with E-state index >= 15 is 0 Å². The van der Waals surface area contributed by atoms with Crippen LogP contribution in [0.3, 0.4) is 0 Å². The number of hydrogen-bond acceptors (Lipinski definition) is 11. The SMILES string of the molecule is CC(=O)C1CCN(Cc2cc(C#N)c3oc(-c4cccc(-c5cccc(Nc6nc(C(F)F)nc7cc(CN8CC[C@@H](O)C8)cnc67)c5C)c4C)nc3c2)CC1. The number of piperidine rings is 1. The molecule has 5 heterocycles. The molecule has 0 bridgehead atoms. The molecule has 13 heteroatoms. The van der Waals surface area contributed by atoms with E-state index in [0.717, 1.165) is 71.4 Å². The Bertz CT molecular complexity index is 2510. The zero-order chi connectivity index (χ0) is 39.1. The lowest BCUT2D eigenvalue weighted by atomic mass is 9.93. The lowest BCUT2D eigenvalue weighted by Gasteiger charge is -2.30. The van der Waals surface area contributed by atoms with Crippen LogP contribution in [0.2, 0.25) is 0 Å². The van der Waals surface area contributed by atoms with Gasteiger partial charge in [-0.05, 0) is 117 Å². The fourth-order valence-corrected chi connectivity index (χ4v) is 8.05. The first kappa shape index (κ1) is 37.3. The van der Waals surface area contributed by atoms with Crippen molar-refractivity contribution in [1.82, 2.24) is 29.7 Å². The highest BCUT2D eigenvalue weighted by Crippen LogP contribution is 2.38. The van der Waals surface area contributed by atoms with Crippen LogP contribution in [0.25, 0.3) is 44.7 Å². The molecule has 2 aliphatic heterocycles. The number of carbonyl (C=O) groups excluding carboxylic acids is 1. The first-order valence-electron chi connectivity index (χ1n) is 18.9. The van der Waals surface area contributed by atoms with Gasteiger partial charge in [-0.1, -0.05) is 24.3 Å². The number of benzene rings is 3. The second-order valence-corrected chi connectivity index (χ2v) is 15.0. The van der Waals surface area contributed by atoms with E-state index < -0.39 is 12.2 Å². The lowest BCUT2D eigenvalue weighted by molar-refractivity contribution is -0.122. The molecule has 0 aliphatic carbocycles. The first-order chi connectivity index (χ1) is 27.0. The first-order valence-corrected chi connectivity index (χ1v) is 18.9. The summed E-state index contributed by atoms with van der Waals surface area (Å²) in [6, 6.07) is 19.5. The average molecular weight is 757 g/mol. The number of ketones is 1. The Morgan fingerprint density at radius 3 is 2.34 bits per heavy atom. The Labute approximate surface area is 323 Å². The van der Waals surface area contributed by atoms with Crippen molar-refractivity contribution in [3.8, 4) is 28.7 Å². The number of fused-ring (bicyclic) bond motifs is 2. The average Bonchev–Trinajstić information content (AvgIpc) is 3.81. The van der Waals surface area contributed by atoms with Crippen LogP contribution in [0.1, 0.15) is 66.3 Å². The van der Waals surface area contributed by atoms with Gasteiger partial charge >= 0.3 is 0 Å². The van der Waals surface area contributed by atoms with E-state index in [0.29, 0.717) is 65.3 Å². The van der Waals surface area contributed by atoms with E-state index in [4.69, 9.17) is 9.40 Å². The maximum Gasteiger partial charge on any atom is 0.297 e. The van der Waals surface area contributed by atoms with Gasteiger partial charge < -0.3 is 14.8 Å². The van der Waals surface area contributed by atoms with Gasteiger partial charge in [0.05, 0.1) is 17.2 Å². The third-order valence-corrected chi connectivity index (χ3v) is 11.1. The molecule has 0 amide bonds. The van der Waals surface area contributed by atoms with Crippen molar-refractivity contribution in [2.45, 2.75) is 65.7 Å². The molecule has 286 valence electrons. The minimum absolute atomic E-state index is 0.122. The van der Waals surface area contributed by atoms with Gasteiger partial charge in [-0.15, -0.1) is 0 Å². The zero-order valence-electron chi connectivity index (χ0n) is 31.5. The van der Waals surface area contributed by atoms with E-state index in [1.165, 1.54) is 0 Å². The molecule has 0 saturated carbocycles. The molecule has 2 N–H and O–H groups in total. The summed E-state index contributed by atoms with van der Waals surface area (Å²) in [6.07, 6.45) is 0.828. The molecule has 2 saturated heterocycles. The number of anilines is 2. The largest absolute Gasteiger partial charge is 0.435 e. The number of hydrogen-bond donors (Lipinski definition) is 2. The van der Waals surface area contributed by atoms with E-state index in [2.05, 4.69) is 36.1 Å². The van der Waals surface area contributed by atoms with Crippen molar-refractivity contribution in [3.05, 3.63) is 94.4 Å². The van der Waals surface area contributed by atoms with Crippen molar-refractivity contribution < 1.29 is 23.1 Å². The van der Waals surface area contributed by atoms with Crippen molar-refractivity contribution in [1.29, 1.82) is 5.26 Å². The van der Waals surface area contributed by atoms with Crippen molar-refractivity contribution in [2.75, 3.05) is 31.5 Å². The number of aliphatic hydroxyl groups excluding tert-OH is 1. The molecular weight excluding hydrogens is 715 g/mol. The number of nitrogens with zero attached hydrogens (tertiary/aromatic N) is 7. The van der Waals surface area contributed by atoms with Gasteiger partial charge in [0.15, 0.2) is 17.2 Å². The predicted octanol–water partition coefficient (Wildman–Crippen LogP) is 8.04. The number of rotatable bonds is 10. The number of aliphatic hydroxyl groups is 1. The van der Waals surface area contributed by atoms with Crippen molar-refractivity contribution >= 4 is 39.4 Å². The van der Waals surface area contributed by atoms with Gasteiger partial charge in [0.2, 0.25) is 5.89 Å². The summed E-state index contributed by atoms with van der Waals surface area (Å²) in [5, 5.41) is 23.3. The Balaban J connectivity index is 1.08. The molecule has 2 fully saturated rings. The van der Waals surface area contributed by atoms with E-state index in [-0.39, 0.29) is 23.6 Å². The summed E-state index contributed by atoms with van der Waals surface area (Å²) in [5.41, 5.74) is 8.99. The molecule has 1 atom stereocenters. The van der Waals surface area contributed by atoms with Crippen molar-refractivity contribution in [2.24, 2.45) is 5.92 Å². The summed E-state index contributed by atoms with van der Waals surface area (Å²) >= 11 is 0. The van der Waals surface area contributed by atoms with Gasteiger partial charge in [0.1, 0.15) is 22.9 Å². The van der Waals surface area contributed by atoms with Gasteiger partial charge in [0.25, 0.3) is 6.43 Å². The number of likely N-dealkylation sites (tertiary alicyclic amines) is 2. The number of aromatic nitrogens is 4. The van der Waals surface area contributed by atoms with Crippen LogP contribution in [-0.4, -0.2) is 72.9 Å². The van der Waals surface area contributed by atoms with Crippen LogP contribution in [0.4, 0.5) is 20.3 Å². The number of Topliss-reactive ketones (excluding diaryl/α,β-unsaturated/α-hetero) is 1. The van der Waals surface area contributed by atoms with E-state index in [9.17, 15) is 23.9 Å². The third kappa shape index (κ3) is 7.47. The summed E-state index contributed by atoms with van der Waals surface area (Å²) in [4.78, 5) is 34.1. The van der Waals surface area contributed by atoms with Gasteiger partial charge in [0, 0.05) is 49.5 Å². The quantitative estimate of drug-likeness (QED) is 0.140. The second kappa shape index (κ2) is 15.5. The van der Waals surface area contributed by atoms with Crippen LogP contribution in [0, 0.1) is 31.1 Å². The Morgan fingerprint density at radius 2 is 1.62 bits per heavy atom. The standard InChI is InChI=1S/C43H42F2N8O3/c1-24-32(6-4-8-34(24)43-50-37-17-27(16-30(19-46)39(37)56-43)21-52-13-10-29(11-14-52)26(3)54)33-7-5-9-35(25(33)2)48-41-38-36(49-42(51-41)40(44)45)18-28(20-47-38)22-53-15-12-31(55)23-53/h4-9,16-18,20,29,31,40,55H,10-15,21-23H2,1-3H3,(H,48,49,51)/t31-/m1/s1. The monoisotopic (exact) mass is 756 g/mol. The number of β-amino-alcohol motifs (C(OH)–C–C–N with tert-alkyl or cyclic N) is 1. The fourth-order valence-electron chi connectivity index (χ4n) is 8.05. The highest BCUT2D eigenvalue weighted by atomic mass is 19.3. The predicted molar refractivity (Wildman–Crippen MR) is 209 cm³/mol. The molecule has 3 aromatic heterocycles. The Morgan fingerprint density at radius 1 is 0.929 bits per heavy atom. The molecule has 3 aromatic carbocycles. The smallest absolute Gasteiger partial charge is 0.297 e. The summed E-state index contributed by atoms with van der Waals surface area (Å²) < 4.78 is 34.5. The third-order valence-electron chi connectivity index (χ3n) is 11.1. The molecule has 0 spiro atoms. The Hall–Kier alpha value is -5.68. The topological polar surface area (TPSA) is 144 Å². The summed E-state index contributed by atoms with van der Waals surface area (Å²) in [5.74, 6) is 0.361. The number of pyridine rings is 1. The fraction of sp³-hybridized carbons (Fsp3) is 0.349. The highest BCUT2D eigenvalue weighted by Gasteiger charge is 2.25. The molecule has 6 aromatic rings. The number of oxazole rings is 1. The lowest BCUT2D eigenvalue weighted by Crippen LogP contribution is -2.35. The Kier molecular flexibility index (Phi) is 10.3. The van der Waals surface area contributed by atoms with Crippen LogP contribution >= 0.6 is 0 Å². The highest BCUT2D eigenvalue weighted by molar-refractivity contribution is 5.90. The molecule has 56 heavy (non-hydrogen) atoms. The second-order valence-electron chi connectivity index (χ2n) is 15.0. The summed E-state index contributed by atoms with van der Waals surface area (Å²) in [6.45, 7) is 9.76. The van der Waals surface area contributed by atoms with E-state index in [1.54, 1.807) is 19.2 Å². The van der Waals surface area contributed by atoms with Gasteiger partial charge in [-0.3, -0.25) is 19.6 Å². The van der Waals surface area contributed by atoms with E-state index in [1.807, 2.05) is 62.4 Å². The number of alkyl halides is 2. The van der Waals surface area contributed by atoms with Crippen LogP contribution < -0.4 is 5.32 Å². The zero-order valence-corrected chi connectivity index (χ0v) is 31.5. The minimum atomic E-state index is -2.88. The van der Waals surface area contributed by atoms with Crippen LogP contribution in [0.15, 0.2) is 65.2 Å². The van der Waals surface area contributed by atoms with Crippen molar-refractivity contribution in [3.63, 3.8) is 0 Å².